The first-order chi connectivity index (χ1) is 8.27. The van der Waals surface area contributed by atoms with E-state index in [1.54, 1.807) is 0 Å². The SMILES string of the molecule is CC1=C(C)c2c(cccc2-c2ccccc2)[CH]1. The van der Waals surface area contributed by atoms with Gasteiger partial charge in [-0.25, -0.2) is 0 Å². The summed E-state index contributed by atoms with van der Waals surface area (Å²) in [4.78, 5) is 0. The van der Waals surface area contributed by atoms with Crippen LogP contribution in [0, 0.1) is 6.42 Å². The molecule has 0 unspecified atom stereocenters. The predicted molar refractivity (Wildman–Crippen MR) is 73.5 cm³/mol. The summed E-state index contributed by atoms with van der Waals surface area (Å²) >= 11 is 0. The summed E-state index contributed by atoms with van der Waals surface area (Å²) in [5, 5.41) is 0. The molecule has 0 aliphatic heterocycles. The van der Waals surface area contributed by atoms with Crippen LogP contribution in [0.1, 0.15) is 25.0 Å². The molecule has 0 nitrogen and oxygen atoms in total. The monoisotopic (exact) mass is 219 g/mol. The number of fused-ring (bicyclic) bond motifs is 1. The fourth-order valence-corrected chi connectivity index (χ4v) is 2.51. The Kier molecular flexibility index (Phi) is 2.36. The van der Waals surface area contributed by atoms with Crippen LogP contribution in [0.3, 0.4) is 0 Å². The topological polar surface area (TPSA) is 0 Å². The fraction of sp³-hybridized carbons (Fsp3) is 0.118. The fourth-order valence-electron chi connectivity index (χ4n) is 2.51. The molecule has 0 N–H and O–H groups in total. The van der Waals surface area contributed by atoms with E-state index in [-0.39, 0.29) is 0 Å². The maximum absolute atomic E-state index is 2.27. The number of benzene rings is 2. The van der Waals surface area contributed by atoms with Crippen molar-refractivity contribution in [2.45, 2.75) is 13.8 Å². The van der Waals surface area contributed by atoms with E-state index in [0.717, 1.165) is 0 Å². The van der Waals surface area contributed by atoms with Gasteiger partial charge in [0.2, 0.25) is 0 Å². The molecule has 17 heavy (non-hydrogen) atoms. The molecule has 0 heteroatoms. The van der Waals surface area contributed by atoms with E-state index >= 15 is 0 Å². The molecule has 0 saturated carbocycles. The van der Waals surface area contributed by atoms with Crippen LogP contribution in [0.4, 0.5) is 0 Å². The van der Waals surface area contributed by atoms with Gasteiger partial charge >= 0.3 is 0 Å². The number of hydrogen-bond acceptors (Lipinski definition) is 0. The van der Waals surface area contributed by atoms with Crippen LogP contribution in [0.5, 0.6) is 0 Å². The van der Waals surface area contributed by atoms with Gasteiger partial charge in [0.25, 0.3) is 0 Å². The van der Waals surface area contributed by atoms with E-state index in [0.29, 0.717) is 0 Å². The highest BCUT2D eigenvalue weighted by atomic mass is 14.2. The van der Waals surface area contributed by atoms with E-state index < -0.39 is 0 Å². The van der Waals surface area contributed by atoms with Crippen molar-refractivity contribution in [2.75, 3.05) is 0 Å². The van der Waals surface area contributed by atoms with Gasteiger partial charge in [-0.15, -0.1) is 0 Å². The first-order valence-electron chi connectivity index (χ1n) is 5.98. The summed E-state index contributed by atoms with van der Waals surface area (Å²) < 4.78 is 0. The Morgan fingerprint density at radius 1 is 0.765 bits per heavy atom. The van der Waals surface area contributed by atoms with Gasteiger partial charge in [-0.3, -0.25) is 0 Å². The second-order valence-electron chi connectivity index (χ2n) is 4.59. The van der Waals surface area contributed by atoms with Crippen LogP contribution in [0.15, 0.2) is 54.1 Å². The summed E-state index contributed by atoms with van der Waals surface area (Å²) in [6.45, 7) is 4.40. The molecule has 0 atom stereocenters. The molecule has 1 aliphatic carbocycles. The molecule has 0 bridgehead atoms. The highest BCUT2D eigenvalue weighted by Crippen LogP contribution is 2.39. The van der Waals surface area contributed by atoms with Crippen LogP contribution in [0.2, 0.25) is 0 Å². The maximum Gasteiger partial charge on any atom is 0.0164 e. The lowest BCUT2D eigenvalue weighted by Gasteiger charge is -2.10. The van der Waals surface area contributed by atoms with Crippen LogP contribution >= 0.6 is 0 Å². The lowest BCUT2D eigenvalue weighted by Crippen LogP contribution is -1.88. The zero-order valence-electron chi connectivity index (χ0n) is 10.2. The molecule has 0 spiro atoms. The quantitative estimate of drug-likeness (QED) is 0.651. The second kappa shape index (κ2) is 3.89. The van der Waals surface area contributed by atoms with Crippen molar-refractivity contribution in [1.82, 2.24) is 0 Å². The second-order valence-corrected chi connectivity index (χ2v) is 4.59. The predicted octanol–water partition coefficient (Wildman–Crippen LogP) is 4.71. The largest absolute Gasteiger partial charge is 0.0622 e. The highest BCUT2D eigenvalue weighted by Gasteiger charge is 2.19. The minimum atomic E-state index is 1.30. The maximum atomic E-state index is 2.27. The van der Waals surface area contributed by atoms with Crippen LogP contribution < -0.4 is 0 Å². The summed E-state index contributed by atoms with van der Waals surface area (Å²) in [6, 6.07) is 17.2. The molecular formula is C17H15. The molecule has 1 radical (unpaired) electrons. The van der Waals surface area contributed by atoms with Gasteiger partial charge in [0.05, 0.1) is 0 Å². The van der Waals surface area contributed by atoms with E-state index in [2.05, 4.69) is 68.8 Å². The molecule has 0 saturated heterocycles. The molecule has 0 fully saturated rings. The van der Waals surface area contributed by atoms with Gasteiger partial charge in [-0.2, -0.15) is 0 Å². The van der Waals surface area contributed by atoms with Crippen LogP contribution in [0.25, 0.3) is 16.7 Å². The first kappa shape index (κ1) is 10.3. The molecule has 3 rings (SSSR count). The third kappa shape index (κ3) is 1.61. The van der Waals surface area contributed by atoms with E-state index in [1.807, 2.05) is 0 Å². The Morgan fingerprint density at radius 2 is 1.53 bits per heavy atom. The van der Waals surface area contributed by atoms with Gasteiger partial charge in [-0.05, 0) is 41.7 Å². The third-order valence-electron chi connectivity index (χ3n) is 3.52. The minimum Gasteiger partial charge on any atom is -0.0622 e. The summed E-state index contributed by atoms with van der Waals surface area (Å²) in [7, 11) is 0. The lowest BCUT2D eigenvalue weighted by molar-refractivity contribution is 1.44. The molecule has 2 aromatic carbocycles. The van der Waals surface area contributed by atoms with Crippen molar-refractivity contribution < 1.29 is 0 Å². The molecule has 1 aliphatic rings. The number of hydrogen-bond donors (Lipinski definition) is 0. The first-order valence-corrected chi connectivity index (χ1v) is 5.98. The van der Waals surface area contributed by atoms with E-state index in [9.17, 15) is 0 Å². The van der Waals surface area contributed by atoms with Gasteiger partial charge < -0.3 is 0 Å². The third-order valence-corrected chi connectivity index (χ3v) is 3.52. The van der Waals surface area contributed by atoms with Crippen molar-refractivity contribution in [3.8, 4) is 11.1 Å². The van der Waals surface area contributed by atoms with Crippen molar-refractivity contribution >= 4 is 5.57 Å². The standard InChI is InChI=1S/C17H15/c1-12-11-15-9-6-10-16(17(15)13(12)2)14-7-4-3-5-8-14/h3-11H,1-2H3. The molecular weight excluding hydrogens is 204 g/mol. The number of allylic oxidation sites excluding steroid dienone is 2. The lowest BCUT2D eigenvalue weighted by atomic mass is 9.94. The van der Waals surface area contributed by atoms with Crippen molar-refractivity contribution in [3.05, 3.63) is 71.7 Å². The summed E-state index contributed by atoms with van der Waals surface area (Å²) in [5.41, 5.74) is 8.17. The summed E-state index contributed by atoms with van der Waals surface area (Å²) in [6.07, 6.45) is 2.27. The molecule has 0 amide bonds. The molecule has 0 aromatic heterocycles. The Bertz CT molecular complexity index is 589. The number of rotatable bonds is 1. The van der Waals surface area contributed by atoms with Crippen molar-refractivity contribution in [1.29, 1.82) is 0 Å². The van der Waals surface area contributed by atoms with E-state index in [1.165, 1.54) is 33.4 Å². The van der Waals surface area contributed by atoms with Crippen molar-refractivity contribution in [3.63, 3.8) is 0 Å². The van der Waals surface area contributed by atoms with Gasteiger partial charge in [0, 0.05) is 6.42 Å². The van der Waals surface area contributed by atoms with E-state index in [4.69, 9.17) is 0 Å². The van der Waals surface area contributed by atoms with Crippen molar-refractivity contribution in [2.24, 2.45) is 0 Å². The zero-order valence-corrected chi connectivity index (χ0v) is 10.2. The highest BCUT2D eigenvalue weighted by molar-refractivity contribution is 5.89. The average molecular weight is 219 g/mol. The smallest absolute Gasteiger partial charge is 0.0164 e. The molecule has 83 valence electrons. The Balaban J connectivity index is 2.25. The minimum absolute atomic E-state index is 1.30. The van der Waals surface area contributed by atoms with Gasteiger partial charge in [-0.1, -0.05) is 54.1 Å². The van der Waals surface area contributed by atoms with Crippen LogP contribution in [-0.4, -0.2) is 0 Å². The van der Waals surface area contributed by atoms with Crippen LogP contribution in [-0.2, 0) is 0 Å². The normalized spacial score (nSPS) is 14.0. The molecule has 2 aromatic rings. The Labute approximate surface area is 103 Å². The molecule has 0 heterocycles. The Morgan fingerprint density at radius 3 is 2.29 bits per heavy atom. The zero-order chi connectivity index (χ0) is 11.8. The van der Waals surface area contributed by atoms with Gasteiger partial charge in [0.15, 0.2) is 0 Å². The summed E-state index contributed by atoms with van der Waals surface area (Å²) in [5.74, 6) is 0. The average Bonchev–Trinajstić information content (AvgIpc) is 2.66. The van der Waals surface area contributed by atoms with Gasteiger partial charge in [0.1, 0.15) is 0 Å². The Hall–Kier alpha value is -1.82.